The minimum Gasteiger partial charge on any atom is -0.227 e. The van der Waals surface area contributed by atoms with Crippen molar-refractivity contribution < 1.29 is 8.42 Å². The molecule has 1 heterocycles. The zero-order valence-corrected chi connectivity index (χ0v) is 9.61. The van der Waals surface area contributed by atoms with Crippen molar-refractivity contribution in [1.29, 1.82) is 0 Å². The maximum Gasteiger partial charge on any atom is 0.168 e. The lowest BCUT2D eigenvalue weighted by atomic mass is 10.0. The third kappa shape index (κ3) is 1.17. The van der Waals surface area contributed by atoms with Crippen LogP contribution in [-0.4, -0.2) is 17.9 Å². The zero-order chi connectivity index (χ0) is 10.3. The molecule has 1 aliphatic heterocycles. The minimum atomic E-state index is -3.04. The van der Waals surface area contributed by atoms with Gasteiger partial charge in [-0.3, -0.25) is 0 Å². The van der Waals surface area contributed by atoms with Crippen molar-refractivity contribution in [1.82, 2.24) is 0 Å². The molecule has 3 heteroatoms. The van der Waals surface area contributed by atoms with E-state index in [0.29, 0.717) is 12.8 Å². The van der Waals surface area contributed by atoms with Crippen LogP contribution >= 0.6 is 0 Å². The van der Waals surface area contributed by atoms with E-state index in [1.165, 1.54) is 0 Å². The van der Waals surface area contributed by atoms with Crippen LogP contribution in [0.5, 0.6) is 0 Å². The van der Waals surface area contributed by atoms with Gasteiger partial charge in [0.05, 0.1) is 9.49 Å². The van der Waals surface area contributed by atoms with Crippen molar-refractivity contribution in [3.63, 3.8) is 0 Å². The van der Waals surface area contributed by atoms with E-state index in [1.54, 1.807) is 13.8 Å². The molecule has 0 saturated carbocycles. The molecule has 0 amide bonds. The Hall–Kier alpha value is -0.310. The maximum atomic E-state index is 12.1. The van der Waals surface area contributed by atoms with E-state index in [-0.39, 0.29) is 0 Å². The number of hydrogen-bond donors (Lipinski definition) is 0. The summed E-state index contributed by atoms with van der Waals surface area (Å²) in [6.45, 7) is 7.45. The van der Waals surface area contributed by atoms with Gasteiger partial charge in [-0.05, 0) is 26.7 Å². The first-order chi connectivity index (χ1) is 5.83. The number of rotatable bonds is 2. The summed E-state index contributed by atoms with van der Waals surface area (Å²) >= 11 is 0. The van der Waals surface area contributed by atoms with Gasteiger partial charge >= 0.3 is 0 Å². The molecule has 13 heavy (non-hydrogen) atoms. The van der Waals surface area contributed by atoms with E-state index in [9.17, 15) is 8.42 Å². The molecule has 1 aliphatic rings. The summed E-state index contributed by atoms with van der Waals surface area (Å²) in [6.07, 6.45) is 5.01. The predicted octanol–water partition coefficient (Wildman–Crippen LogP) is 2.31. The van der Waals surface area contributed by atoms with Gasteiger partial charge in [-0.25, -0.2) is 8.42 Å². The Labute approximate surface area is 81.0 Å². The van der Waals surface area contributed by atoms with E-state index in [1.807, 2.05) is 26.0 Å². The molecule has 0 aliphatic carbocycles. The molecule has 0 N–H and O–H groups in total. The molecule has 1 rings (SSSR count). The molecule has 2 unspecified atom stereocenters. The lowest BCUT2D eigenvalue weighted by Crippen LogP contribution is -2.41. The maximum absolute atomic E-state index is 12.1. The van der Waals surface area contributed by atoms with Gasteiger partial charge in [0.25, 0.3) is 0 Å². The average molecular weight is 202 g/mol. The fourth-order valence-electron chi connectivity index (χ4n) is 1.68. The standard InChI is InChI=1S/C10H18O2S/c1-5-9(3)7-8-10(4,6-2)13(9,11)12/h7-8H,5-6H2,1-4H3. The fourth-order valence-corrected chi connectivity index (χ4v) is 4.00. The molecule has 0 spiro atoms. The van der Waals surface area contributed by atoms with Gasteiger partial charge in [-0.15, -0.1) is 0 Å². The van der Waals surface area contributed by atoms with Crippen LogP contribution in [0.25, 0.3) is 0 Å². The van der Waals surface area contributed by atoms with Gasteiger partial charge in [0, 0.05) is 0 Å². The van der Waals surface area contributed by atoms with Gasteiger partial charge in [0.2, 0.25) is 0 Å². The Kier molecular flexibility index (Phi) is 2.35. The second-order valence-corrected chi connectivity index (χ2v) is 7.04. The van der Waals surface area contributed by atoms with Crippen molar-refractivity contribution >= 4 is 9.84 Å². The lowest BCUT2D eigenvalue weighted by molar-refractivity contribution is 0.535. The molecular weight excluding hydrogens is 184 g/mol. The fraction of sp³-hybridized carbons (Fsp3) is 0.800. The Bertz CT molecular complexity index is 303. The Balaban J connectivity index is 3.26. The first-order valence-electron chi connectivity index (χ1n) is 4.77. The van der Waals surface area contributed by atoms with Gasteiger partial charge < -0.3 is 0 Å². The lowest BCUT2D eigenvalue weighted by Gasteiger charge is -2.28. The van der Waals surface area contributed by atoms with Crippen molar-refractivity contribution in [2.45, 2.75) is 50.0 Å². The summed E-state index contributed by atoms with van der Waals surface area (Å²) in [6, 6.07) is 0. The van der Waals surface area contributed by atoms with Crippen LogP contribution in [0.4, 0.5) is 0 Å². The molecular formula is C10H18O2S. The molecule has 2 nitrogen and oxygen atoms in total. The highest BCUT2D eigenvalue weighted by Crippen LogP contribution is 2.42. The van der Waals surface area contributed by atoms with Crippen molar-refractivity contribution in [2.75, 3.05) is 0 Å². The molecule has 0 fully saturated rings. The summed E-state index contributed by atoms with van der Waals surface area (Å²) in [5.41, 5.74) is 0. The van der Waals surface area contributed by atoms with Gasteiger partial charge in [0.15, 0.2) is 9.84 Å². The Morgan fingerprint density at radius 3 is 1.46 bits per heavy atom. The van der Waals surface area contributed by atoms with Crippen LogP contribution in [-0.2, 0) is 9.84 Å². The van der Waals surface area contributed by atoms with E-state index in [2.05, 4.69) is 0 Å². The van der Waals surface area contributed by atoms with Crippen LogP contribution in [0.15, 0.2) is 12.2 Å². The summed E-state index contributed by atoms with van der Waals surface area (Å²) in [7, 11) is -3.04. The molecule has 0 aromatic heterocycles. The second kappa shape index (κ2) is 2.84. The van der Waals surface area contributed by atoms with Crippen LogP contribution in [0.1, 0.15) is 40.5 Å². The molecule has 76 valence electrons. The van der Waals surface area contributed by atoms with Crippen molar-refractivity contribution in [2.24, 2.45) is 0 Å². The van der Waals surface area contributed by atoms with Crippen LogP contribution in [0.3, 0.4) is 0 Å². The number of hydrogen-bond acceptors (Lipinski definition) is 2. The topological polar surface area (TPSA) is 34.1 Å². The first-order valence-corrected chi connectivity index (χ1v) is 6.26. The summed E-state index contributed by atoms with van der Waals surface area (Å²) in [4.78, 5) is 0. The highest BCUT2D eigenvalue weighted by Gasteiger charge is 2.51. The molecule has 0 saturated heterocycles. The zero-order valence-electron chi connectivity index (χ0n) is 8.79. The summed E-state index contributed by atoms with van der Waals surface area (Å²) < 4.78 is 23.0. The van der Waals surface area contributed by atoms with E-state index in [4.69, 9.17) is 0 Å². The Morgan fingerprint density at radius 2 is 1.31 bits per heavy atom. The largest absolute Gasteiger partial charge is 0.227 e. The third-order valence-corrected chi connectivity index (χ3v) is 6.73. The van der Waals surface area contributed by atoms with Crippen LogP contribution < -0.4 is 0 Å². The molecule has 0 bridgehead atoms. The molecule has 0 radical (unpaired) electrons. The van der Waals surface area contributed by atoms with Crippen molar-refractivity contribution in [3.8, 4) is 0 Å². The average Bonchev–Trinajstić information content (AvgIpc) is 2.28. The summed E-state index contributed by atoms with van der Waals surface area (Å²) in [5.74, 6) is 0. The minimum absolute atomic E-state index is 0.641. The van der Waals surface area contributed by atoms with E-state index < -0.39 is 19.3 Å². The smallest absolute Gasteiger partial charge is 0.168 e. The highest BCUT2D eigenvalue weighted by molar-refractivity contribution is 7.94. The predicted molar refractivity (Wildman–Crippen MR) is 55.5 cm³/mol. The second-order valence-electron chi connectivity index (χ2n) is 4.17. The van der Waals surface area contributed by atoms with Crippen LogP contribution in [0, 0.1) is 0 Å². The number of sulfone groups is 1. The molecule has 0 aromatic carbocycles. The van der Waals surface area contributed by atoms with E-state index in [0.717, 1.165) is 0 Å². The van der Waals surface area contributed by atoms with Crippen molar-refractivity contribution in [3.05, 3.63) is 12.2 Å². The summed E-state index contributed by atoms with van der Waals surface area (Å²) in [5, 5.41) is 0. The third-order valence-electron chi connectivity index (χ3n) is 3.42. The SMILES string of the molecule is CCC1(C)C=CC(C)(CC)S1(=O)=O. The highest BCUT2D eigenvalue weighted by atomic mass is 32.2. The molecule has 2 atom stereocenters. The van der Waals surface area contributed by atoms with Gasteiger partial charge in [-0.2, -0.15) is 0 Å². The van der Waals surface area contributed by atoms with Gasteiger partial charge in [-0.1, -0.05) is 26.0 Å². The van der Waals surface area contributed by atoms with E-state index >= 15 is 0 Å². The quantitative estimate of drug-likeness (QED) is 0.644. The van der Waals surface area contributed by atoms with Gasteiger partial charge in [0.1, 0.15) is 0 Å². The van der Waals surface area contributed by atoms with Crippen LogP contribution in [0.2, 0.25) is 0 Å². The normalized spacial score (nSPS) is 42.5. The Morgan fingerprint density at radius 1 is 1.00 bits per heavy atom. The first kappa shape index (κ1) is 10.8. The monoisotopic (exact) mass is 202 g/mol. The molecule has 0 aromatic rings.